The lowest BCUT2D eigenvalue weighted by Crippen LogP contribution is -2.29. The molecule has 0 fully saturated rings. The van der Waals surface area contributed by atoms with Crippen molar-refractivity contribution in [3.05, 3.63) is 53.6 Å². The Morgan fingerprint density at radius 1 is 1.18 bits per heavy atom. The fraction of sp³-hybridized carbons (Fsp3) is 0.250. The first-order valence-corrected chi connectivity index (χ1v) is 8.73. The van der Waals surface area contributed by atoms with Gasteiger partial charge in [0, 0.05) is 18.5 Å². The Morgan fingerprint density at radius 2 is 1.93 bits per heavy atom. The van der Waals surface area contributed by atoms with Crippen molar-refractivity contribution in [3.63, 3.8) is 0 Å². The first-order valence-electron chi connectivity index (χ1n) is 8.73. The molecule has 3 N–H and O–H groups in total. The SMILES string of the molecule is CCOc1cc(C=NNC(=O)CCNC(=O)c2ccc(OC)cc2)ccc1O. The molecular weight excluding hydrogens is 362 g/mol. The van der Waals surface area contributed by atoms with Crippen LogP contribution in [0.5, 0.6) is 17.2 Å². The molecule has 0 radical (unpaired) electrons. The Balaban J connectivity index is 1.75. The highest BCUT2D eigenvalue weighted by atomic mass is 16.5. The van der Waals surface area contributed by atoms with Crippen LogP contribution in [0.15, 0.2) is 47.6 Å². The monoisotopic (exact) mass is 385 g/mol. The molecule has 0 atom stereocenters. The average molecular weight is 385 g/mol. The van der Waals surface area contributed by atoms with E-state index in [9.17, 15) is 14.7 Å². The molecule has 148 valence electrons. The van der Waals surface area contributed by atoms with Crippen molar-refractivity contribution in [2.24, 2.45) is 5.10 Å². The maximum Gasteiger partial charge on any atom is 0.251 e. The number of benzene rings is 2. The van der Waals surface area contributed by atoms with Crippen LogP contribution in [0.4, 0.5) is 0 Å². The Labute approximate surface area is 163 Å². The van der Waals surface area contributed by atoms with E-state index in [0.29, 0.717) is 29.2 Å². The second-order valence-electron chi connectivity index (χ2n) is 5.69. The first kappa shape index (κ1) is 20.8. The van der Waals surface area contributed by atoms with Crippen LogP contribution in [0.2, 0.25) is 0 Å². The summed E-state index contributed by atoms with van der Waals surface area (Å²) in [5, 5.41) is 16.2. The molecule has 0 aliphatic rings. The van der Waals surface area contributed by atoms with Gasteiger partial charge >= 0.3 is 0 Å². The third kappa shape index (κ3) is 6.31. The standard InChI is InChI=1S/C20H23N3O5/c1-3-28-18-12-14(4-9-17(18)24)13-22-23-19(25)10-11-21-20(26)15-5-7-16(27-2)8-6-15/h4-9,12-13,24H,3,10-11H2,1-2H3,(H,21,26)(H,23,25). The van der Waals surface area contributed by atoms with Gasteiger partial charge in [-0.2, -0.15) is 5.10 Å². The lowest BCUT2D eigenvalue weighted by Gasteiger charge is -2.06. The molecule has 8 nitrogen and oxygen atoms in total. The number of phenolic OH excluding ortho intramolecular Hbond substituents is 1. The Bertz CT molecular complexity index is 834. The van der Waals surface area contributed by atoms with Crippen molar-refractivity contribution < 1.29 is 24.2 Å². The van der Waals surface area contributed by atoms with Crippen LogP contribution in [-0.2, 0) is 4.79 Å². The largest absolute Gasteiger partial charge is 0.504 e. The van der Waals surface area contributed by atoms with Gasteiger partial charge in [0.2, 0.25) is 5.91 Å². The van der Waals surface area contributed by atoms with Gasteiger partial charge in [0.15, 0.2) is 11.5 Å². The molecule has 2 rings (SSSR count). The van der Waals surface area contributed by atoms with E-state index in [4.69, 9.17) is 9.47 Å². The Hall–Kier alpha value is -3.55. The number of carbonyl (C=O) groups is 2. The van der Waals surface area contributed by atoms with Gasteiger partial charge in [-0.15, -0.1) is 0 Å². The highest BCUT2D eigenvalue weighted by Gasteiger charge is 2.07. The fourth-order valence-corrected chi connectivity index (χ4v) is 2.25. The zero-order valence-corrected chi connectivity index (χ0v) is 15.8. The van der Waals surface area contributed by atoms with Gasteiger partial charge in [-0.1, -0.05) is 0 Å². The van der Waals surface area contributed by atoms with E-state index in [0.717, 1.165) is 0 Å². The summed E-state index contributed by atoms with van der Waals surface area (Å²) in [5.74, 6) is 0.437. The van der Waals surface area contributed by atoms with Crippen LogP contribution in [0.1, 0.15) is 29.3 Å². The molecule has 2 aromatic carbocycles. The highest BCUT2D eigenvalue weighted by molar-refractivity contribution is 5.94. The molecule has 2 aromatic rings. The molecule has 0 heterocycles. The van der Waals surface area contributed by atoms with E-state index in [1.54, 1.807) is 43.5 Å². The summed E-state index contributed by atoms with van der Waals surface area (Å²) in [6.45, 7) is 2.42. The van der Waals surface area contributed by atoms with Crippen LogP contribution in [0.25, 0.3) is 0 Å². The number of hydrazone groups is 1. The van der Waals surface area contributed by atoms with Gasteiger partial charge in [0.05, 0.1) is 19.9 Å². The zero-order valence-electron chi connectivity index (χ0n) is 15.8. The van der Waals surface area contributed by atoms with Gasteiger partial charge < -0.3 is 19.9 Å². The summed E-state index contributed by atoms with van der Waals surface area (Å²) in [5.41, 5.74) is 3.53. The van der Waals surface area contributed by atoms with Gasteiger partial charge in [0.25, 0.3) is 5.91 Å². The van der Waals surface area contributed by atoms with Crippen molar-refractivity contribution in [1.82, 2.24) is 10.7 Å². The summed E-state index contributed by atoms with van der Waals surface area (Å²) < 4.78 is 10.3. The summed E-state index contributed by atoms with van der Waals surface area (Å²) in [4.78, 5) is 23.8. The summed E-state index contributed by atoms with van der Waals surface area (Å²) in [6.07, 6.45) is 1.52. The second kappa shape index (κ2) is 10.6. The number of aromatic hydroxyl groups is 1. The summed E-state index contributed by atoms with van der Waals surface area (Å²) in [6, 6.07) is 11.4. The first-order chi connectivity index (χ1) is 13.5. The predicted octanol–water partition coefficient (Wildman–Crippen LogP) is 2.07. The summed E-state index contributed by atoms with van der Waals surface area (Å²) >= 11 is 0. The van der Waals surface area contributed by atoms with Crippen molar-refractivity contribution in [2.45, 2.75) is 13.3 Å². The van der Waals surface area contributed by atoms with Crippen molar-refractivity contribution in [3.8, 4) is 17.2 Å². The maximum atomic E-state index is 12.0. The van der Waals surface area contributed by atoms with E-state index in [1.807, 2.05) is 6.92 Å². The molecule has 2 amide bonds. The van der Waals surface area contributed by atoms with E-state index in [-0.39, 0.29) is 30.5 Å². The minimum Gasteiger partial charge on any atom is -0.504 e. The number of phenols is 1. The third-order valence-corrected chi connectivity index (χ3v) is 3.68. The number of nitrogens with one attached hydrogen (secondary N) is 2. The average Bonchev–Trinajstić information content (AvgIpc) is 2.70. The Morgan fingerprint density at radius 3 is 2.61 bits per heavy atom. The lowest BCUT2D eigenvalue weighted by molar-refractivity contribution is -0.120. The Kier molecular flexibility index (Phi) is 7.83. The molecule has 0 aliphatic carbocycles. The van der Waals surface area contributed by atoms with Crippen molar-refractivity contribution in [2.75, 3.05) is 20.3 Å². The molecule has 0 aromatic heterocycles. The second-order valence-corrected chi connectivity index (χ2v) is 5.69. The molecule has 0 aliphatic heterocycles. The van der Waals surface area contributed by atoms with Crippen LogP contribution >= 0.6 is 0 Å². The quantitative estimate of drug-likeness (QED) is 0.452. The van der Waals surface area contributed by atoms with Gasteiger partial charge in [-0.25, -0.2) is 5.43 Å². The molecule has 0 spiro atoms. The number of hydrogen-bond acceptors (Lipinski definition) is 6. The smallest absolute Gasteiger partial charge is 0.251 e. The highest BCUT2D eigenvalue weighted by Crippen LogP contribution is 2.26. The van der Waals surface area contributed by atoms with Crippen LogP contribution in [0, 0.1) is 0 Å². The van der Waals surface area contributed by atoms with Crippen LogP contribution < -0.4 is 20.2 Å². The topological polar surface area (TPSA) is 109 Å². The molecule has 8 heteroatoms. The maximum absolute atomic E-state index is 12.0. The van der Waals surface area contributed by atoms with Crippen LogP contribution in [0.3, 0.4) is 0 Å². The van der Waals surface area contributed by atoms with Gasteiger partial charge in [0.1, 0.15) is 5.75 Å². The third-order valence-electron chi connectivity index (χ3n) is 3.68. The molecule has 0 saturated carbocycles. The molecule has 0 unspecified atom stereocenters. The molecule has 28 heavy (non-hydrogen) atoms. The van der Waals surface area contributed by atoms with E-state index < -0.39 is 0 Å². The van der Waals surface area contributed by atoms with E-state index >= 15 is 0 Å². The number of ether oxygens (including phenoxy) is 2. The predicted molar refractivity (Wildman–Crippen MR) is 105 cm³/mol. The minimum atomic E-state index is -0.338. The minimum absolute atomic E-state index is 0.0376. The molecule has 0 saturated heterocycles. The van der Waals surface area contributed by atoms with E-state index in [1.165, 1.54) is 12.3 Å². The number of nitrogens with zero attached hydrogens (tertiary/aromatic N) is 1. The number of carbonyl (C=O) groups excluding carboxylic acids is 2. The van der Waals surface area contributed by atoms with Crippen LogP contribution in [-0.4, -0.2) is 43.4 Å². The fourth-order valence-electron chi connectivity index (χ4n) is 2.25. The molecule has 0 bridgehead atoms. The number of hydrogen-bond donors (Lipinski definition) is 3. The normalized spacial score (nSPS) is 10.5. The van der Waals surface area contributed by atoms with Crippen molar-refractivity contribution >= 4 is 18.0 Å². The van der Waals surface area contributed by atoms with E-state index in [2.05, 4.69) is 15.8 Å². The molecular formula is C20H23N3O5. The van der Waals surface area contributed by atoms with Gasteiger partial charge in [-0.3, -0.25) is 9.59 Å². The lowest BCUT2D eigenvalue weighted by atomic mass is 10.2. The summed E-state index contributed by atoms with van der Waals surface area (Å²) in [7, 11) is 1.55. The zero-order chi connectivity index (χ0) is 20.4. The van der Waals surface area contributed by atoms with Gasteiger partial charge in [-0.05, 0) is 55.0 Å². The number of rotatable bonds is 9. The number of methoxy groups -OCH3 is 1. The number of amides is 2. The van der Waals surface area contributed by atoms with Crippen molar-refractivity contribution in [1.29, 1.82) is 0 Å².